The number of amides is 1. The molecule has 0 aliphatic heterocycles. The van der Waals surface area contributed by atoms with E-state index in [9.17, 15) is 4.79 Å². The summed E-state index contributed by atoms with van der Waals surface area (Å²) < 4.78 is 5.75. The van der Waals surface area contributed by atoms with E-state index in [0.717, 1.165) is 22.4 Å². The summed E-state index contributed by atoms with van der Waals surface area (Å²) in [6.45, 7) is 9.81. The molecule has 0 saturated carbocycles. The average Bonchev–Trinajstić information content (AvgIpc) is 2.46. The molecular formula is C19H23NO2. The number of carbonyl (C=O) groups is 1. The first-order valence-corrected chi connectivity index (χ1v) is 7.49. The third kappa shape index (κ3) is 3.67. The van der Waals surface area contributed by atoms with E-state index in [1.807, 2.05) is 57.2 Å². The standard InChI is InChI=1S/C19H23NO2/c1-12-9-10-17(11-15(12)4)22-16(5)19(21)20-18-13(2)7-6-8-14(18)3/h6-11,16H,1-5H3,(H,20,21)/t16-/m0/s1. The summed E-state index contributed by atoms with van der Waals surface area (Å²) in [5.74, 6) is 0.572. The molecule has 0 heterocycles. The summed E-state index contributed by atoms with van der Waals surface area (Å²) in [6, 6.07) is 11.8. The van der Waals surface area contributed by atoms with Crippen LogP contribution in [0.3, 0.4) is 0 Å². The predicted molar refractivity (Wildman–Crippen MR) is 90.6 cm³/mol. The molecule has 116 valence electrons. The average molecular weight is 297 g/mol. The Hall–Kier alpha value is -2.29. The molecule has 1 amide bonds. The fraction of sp³-hybridized carbons (Fsp3) is 0.316. The highest BCUT2D eigenvalue weighted by atomic mass is 16.5. The van der Waals surface area contributed by atoms with Crippen molar-refractivity contribution in [3.8, 4) is 5.75 Å². The molecule has 1 N–H and O–H groups in total. The van der Waals surface area contributed by atoms with Gasteiger partial charge in [-0.2, -0.15) is 0 Å². The third-order valence-corrected chi connectivity index (χ3v) is 3.89. The molecular weight excluding hydrogens is 274 g/mol. The van der Waals surface area contributed by atoms with Gasteiger partial charge in [0.25, 0.3) is 5.91 Å². The molecule has 1 atom stereocenters. The van der Waals surface area contributed by atoms with E-state index in [-0.39, 0.29) is 5.91 Å². The largest absolute Gasteiger partial charge is 0.481 e. The lowest BCUT2D eigenvalue weighted by Gasteiger charge is -2.17. The molecule has 0 aliphatic carbocycles. The van der Waals surface area contributed by atoms with Crippen molar-refractivity contribution in [2.45, 2.75) is 40.7 Å². The van der Waals surface area contributed by atoms with E-state index in [1.54, 1.807) is 6.92 Å². The molecule has 0 saturated heterocycles. The van der Waals surface area contributed by atoms with Crippen LogP contribution in [-0.4, -0.2) is 12.0 Å². The van der Waals surface area contributed by atoms with Gasteiger partial charge in [-0.25, -0.2) is 0 Å². The topological polar surface area (TPSA) is 38.3 Å². The summed E-state index contributed by atoms with van der Waals surface area (Å²) in [5, 5.41) is 2.96. The molecule has 2 rings (SSSR count). The highest BCUT2D eigenvalue weighted by Crippen LogP contribution is 2.21. The van der Waals surface area contributed by atoms with Gasteiger partial charge >= 0.3 is 0 Å². The van der Waals surface area contributed by atoms with Crippen LogP contribution in [0.4, 0.5) is 5.69 Å². The van der Waals surface area contributed by atoms with Crippen molar-refractivity contribution in [1.82, 2.24) is 0 Å². The number of hydrogen-bond acceptors (Lipinski definition) is 2. The Morgan fingerprint density at radius 1 is 0.955 bits per heavy atom. The molecule has 3 nitrogen and oxygen atoms in total. The van der Waals surface area contributed by atoms with Gasteiger partial charge < -0.3 is 10.1 Å². The van der Waals surface area contributed by atoms with Crippen LogP contribution in [0, 0.1) is 27.7 Å². The Morgan fingerprint density at radius 3 is 2.18 bits per heavy atom. The second-order valence-corrected chi connectivity index (χ2v) is 5.76. The molecule has 0 aromatic heterocycles. The summed E-state index contributed by atoms with van der Waals surface area (Å²) in [6.07, 6.45) is -0.555. The van der Waals surface area contributed by atoms with Gasteiger partial charge in [0.2, 0.25) is 0 Å². The fourth-order valence-electron chi connectivity index (χ4n) is 2.28. The van der Waals surface area contributed by atoms with Gasteiger partial charge in [-0.15, -0.1) is 0 Å². The molecule has 0 radical (unpaired) electrons. The van der Waals surface area contributed by atoms with Crippen LogP contribution >= 0.6 is 0 Å². The lowest BCUT2D eigenvalue weighted by molar-refractivity contribution is -0.122. The van der Waals surface area contributed by atoms with E-state index >= 15 is 0 Å². The molecule has 0 unspecified atom stereocenters. The minimum absolute atomic E-state index is 0.143. The van der Waals surface area contributed by atoms with Gasteiger partial charge in [0.05, 0.1) is 0 Å². The first-order valence-electron chi connectivity index (χ1n) is 7.49. The summed E-state index contributed by atoms with van der Waals surface area (Å²) in [5.41, 5.74) is 5.32. The van der Waals surface area contributed by atoms with Gasteiger partial charge in [-0.05, 0) is 69.0 Å². The van der Waals surface area contributed by atoms with Crippen LogP contribution in [0.5, 0.6) is 5.75 Å². The number of rotatable bonds is 4. The number of hydrogen-bond donors (Lipinski definition) is 1. The van der Waals surface area contributed by atoms with Crippen molar-refractivity contribution in [1.29, 1.82) is 0 Å². The van der Waals surface area contributed by atoms with Crippen LogP contribution in [-0.2, 0) is 4.79 Å². The molecule has 0 aliphatic rings. The summed E-state index contributed by atoms with van der Waals surface area (Å²) in [7, 11) is 0. The number of benzene rings is 2. The lowest BCUT2D eigenvalue weighted by atomic mass is 10.1. The van der Waals surface area contributed by atoms with E-state index < -0.39 is 6.10 Å². The maximum Gasteiger partial charge on any atom is 0.265 e. The first kappa shape index (κ1) is 16.1. The Labute approximate surface area is 132 Å². The van der Waals surface area contributed by atoms with E-state index in [0.29, 0.717) is 5.75 Å². The van der Waals surface area contributed by atoms with Crippen LogP contribution in [0.25, 0.3) is 0 Å². The van der Waals surface area contributed by atoms with Crippen molar-refractivity contribution >= 4 is 11.6 Å². The Morgan fingerprint density at radius 2 is 1.59 bits per heavy atom. The van der Waals surface area contributed by atoms with Gasteiger partial charge in [0.1, 0.15) is 5.75 Å². The zero-order chi connectivity index (χ0) is 16.3. The summed E-state index contributed by atoms with van der Waals surface area (Å²) >= 11 is 0. The lowest BCUT2D eigenvalue weighted by Crippen LogP contribution is -2.30. The van der Waals surface area contributed by atoms with Crippen molar-refractivity contribution in [2.75, 3.05) is 5.32 Å². The number of aryl methyl sites for hydroxylation is 4. The van der Waals surface area contributed by atoms with Crippen molar-refractivity contribution in [3.63, 3.8) is 0 Å². The maximum absolute atomic E-state index is 12.3. The third-order valence-electron chi connectivity index (χ3n) is 3.89. The quantitative estimate of drug-likeness (QED) is 0.912. The van der Waals surface area contributed by atoms with Crippen molar-refractivity contribution in [3.05, 3.63) is 58.7 Å². The Kier molecular flexibility index (Phi) is 4.86. The van der Waals surface area contributed by atoms with E-state index in [1.165, 1.54) is 5.56 Å². The minimum Gasteiger partial charge on any atom is -0.481 e. The van der Waals surface area contributed by atoms with Crippen molar-refractivity contribution < 1.29 is 9.53 Å². The predicted octanol–water partition coefficient (Wildman–Crippen LogP) is 4.33. The van der Waals surface area contributed by atoms with Crippen LogP contribution in [0.15, 0.2) is 36.4 Å². The number of carbonyl (C=O) groups excluding carboxylic acids is 1. The van der Waals surface area contributed by atoms with Crippen LogP contribution < -0.4 is 10.1 Å². The molecule has 3 heteroatoms. The summed E-state index contributed by atoms with van der Waals surface area (Å²) in [4.78, 5) is 12.3. The highest BCUT2D eigenvalue weighted by molar-refractivity contribution is 5.95. The van der Waals surface area contributed by atoms with Crippen LogP contribution in [0.2, 0.25) is 0 Å². The number of nitrogens with one attached hydrogen (secondary N) is 1. The number of anilines is 1. The van der Waals surface area contributed by atoms with E-state index in [4.69, 9.17) is 4.74 Å². The zero-order valence-electron chi connectivity index (χ0n) is 13.9. The SMILES string of the molecule is Cc1ccc(O[C@@H](C)C(=O)Nc2c(C)cccc2C)cc1C. The first-order chi connectivity index (χ1) is 10.4. The monoisotopic (exact) mass is 297 g/mol. The van der Waals surface area contributed by atoms with Gasteiger partial charge in [0.15, 0.2) is 6.10 Å². The number of para-hydroxylation sites is 1. The molecule has 0 spiro atoms. The van der Waals surface area contributed by atoms with Gasteiger partial charge in [-0.1, -0.05) is 24.3 Å². The number of ether oxygens (including phenoxy) is 1. The molecule has 0 fully saturated rings. The highest BCUT2D eigenvalue weighted by Gasteiger charge is 2.16. The zero-order valence-corrected chi connectivity index (χ0v) is 13.9. The van der Waals surface area contributed by atoms with E-state index in [2.05, 4.69) is 12.2 Å². The Balaban J connectivity index is 2.07. The molecule has 2 aromatic carbocycles. The Bertz CT molecular complexity index is 672. The smallest absolute Gasteiger partial charge is 0.265 e. The molecule has 0 bridgehead atoms. The second-order valence-electron chi connectivity index (χ2n) is 5.76. The van der Waals surface area contributed by atoms with Crippen molar-refractivity contribution in [2.24, 2.45) is 0 Å². The minimum atomic E-state index is -0.555. The molecule has 22 heavy (non-hydrogen) atoms. The fourth-order valence-corrected chi connectivity index (χ4v) is 2.28. The second kappa shape index (κ2) is 6.65. The maximum atomic E-state index is 12.3. The normalized spacial score (nSPS) is 11.9. The van der Waals surface area contributed by atoms with Crippen LogP contribution in [0.1, 0.15) is 29.2 Å². The van der Waals surface area contributed by atoms with Gasteiger partial charge in [0, 0.05) is 5.69 Å². The van der Waals surface area contributed by atoms with Gasteiger partial charge in [-0.3, -0.25) is 4.79 Å². The molecule has 2 aromatic rings.